The van der Waals surface area contributed by atoms with Crippen molar-refractivity contribution in [3.8, 4) is 0 Å². The summed E-state index contributed by atoms with van der Waals surface area (Å²) in [6.45, 7) is 3.82. The number of nitrogen functional groups attached to an aromatic ring is 1. The van der Waals surface area contributed by atoms with Gasteiger partial charge in [0.2, 0.25) is 0 Å². The molecule has 5 nitrogen and oxygen atoms in total. The highest BCUT2D eigenvalue weighted by atomic mass is 32.2. The average molecular weight is 281 g/mol. The van der Waals surface area contributed by atoms with Crippen LogP contribution in [0.25, 0.3) is 0 Å². The molecule has 0 aliphatic carbocycles. The molecular formula is C13H19N3O2S. The van der Waals surface area contributed by atoms with E-state index in [1.165, 1.54) is 11.5 Å². The summed E-state index contributed by atoms with van der Waals surface area (Å²) in [6.07, 6.45) is 0. The lowest BCUT2D eigenvalue weighted by atomic mass is 10.1. The van der Waals surface area contributed by atoms with Gasteiger partial charge in [-0.05, 0) is 12.1 Å². The standard InChI is InChI=1S/C13H19N3O2S/c14-11-3-1-2-10(13(17)18)12(11)15-4-5-16-6-8-19-9-7-16/h1-3,15H,4-9,14H2,(H,17,18). The van der Waals surface area contributed by atoms with Gasteiger partial charge in [0.1, 0.15) is 0 Å². The lowest BCUT2D eigenvalue weighted by molar-refractivity contribution is 0.0698. The summed E-state index contributed by atoms with van der Waals surface area (Å²) >= 11 is 1.98. The fourth-order valence-electron chi connectivity index (χ4n) is 2.11. The van der Waals surface area contributed by atoms with Gasteiger partial charge in [0.25, 0.3) is 0 Å². The Bertz CT molecular complexity index is 448. The van der Waals surface area contributed by atoms with Gasteiger partial charge in [0.15, 0.2) is 0 Å². The van der Waals surface area contributed by atoms with Crippen molar-refractivity contribution in [3.63, 3.8) is 0 Å². The Hall–Kier alpha value is -1.40. The van der Waals surface area contributed by atoms with Crippen molar-refractivity contribution in [2.75, 3.05) is 48.7 Å². The van der Waals surface area contributed by atoms with Crippen LogP contribution in [0.4, 0.5) is 11.4 Å². The number of benzene rings is 1. The highest BCUT2D eigenvalue weighted by Crippen LogP contribution is 2.23. The third-order valence-corrected chi connectivity index (χ3v) is 4.10. The summed E-state index contributed by atoms with van der Waals surface area (Å²) in [4.78, 5) is 13.5. The number of hydrogen-bond donors (Lipinski definition) is 3. The molecule has 0 unspecified atom stereocenters. The molecule has 6 heteroatoms. The van der Waals surface area contributed by atoms with Crippen molar-refractivity contribution in [2.45, 2.75) is 0 Å². The zero-order chi connectivity index (χ0) is 13.7. The van der Waals surface area contributed by atoms with Crippen LogP contribution in [0.2, 0.25) is 0 Å². The zero-order valence-corrected chi connectivity index (χ0v) is 11.6. The topological polar surface area (TPSA) is 78.6 Å². The van der Waals surface area contributed by atoms with Crippen LogP contribution in [0.5, 0.6) is 0 Å². The minimum absolute atomic E-state index is 0.231. The summed E-state index contributed by atoms with van der Waals surface area (Å²) in [5.74, 6) is 1.39. The molecule has 1 aromatic rings. The monoisotopic (exact) mass is 281 g/mol. The number of thioether (sulfide) groups is 1. The molecule has 0 amide bonds. The second-order valence-corrected chi connectivity index (χ2v) is 5.68. The zero-order valence-electron chi connectivity index (χ0n) is 10.8. The third-order valence-electron chi connectivity index (χ3n) is 3.16. The van der Waals surface area contributed by atoms with E-state index in [9.17, 15) is 4.79 Å². The van der Waals surface area contributed by atoms with E-state index in [-0.39, 0.29) is 5.56 Å². The Morgan fingerprint density at radius 2 is 2.16 bits per heavy atom. The Balaban J connectivity index is 1.93. The van der Waals surface area contributed by atoms with E-state index in [4.69, 9.17) is 10.8 Å². The van der Waals surface area contributed by atoms with Crippen molar-refractivity contribution < 1.29 is 9.90 Å². The number of hydrogen-bond acceptors (Lipinski definition) is 5. The van der Waals surface area contributed by atoms with Crippen LogP contribution < -0.4 is 11.1 Å². The summed E-state index contributed by atoms with van der Waals surface area (Å²) in [5, 5.41) is 12.3. The number of para-hydroxylation sites is 1. The number of aromatic carboxylic acids is 1. The molecule has 1 heterocycles. The first-order chi connectivity index (χ1) is 9.18. The maximum atomic E-state index is 11.1. The quantitative estimate of drug-likeness (QED) is 0.709. The Morgan fingerprint density at radius 1 is 1.42 bits per heavy atom. The van der Waals surface area contributed by atoms with E-state index in [0.717, 1.165) is 19.6 Å². The molecule has 0 atom stereocenters. The number of nitrogens with one attached hydrogen (secondary N) is 1. The first-order valence-electron chi connectivity index (χ1n) is 6.34. The summed E-state index contributed by atoms with van der Waals surface area (Å²) in [5.41, 5.74) is 7.08. The minimum Gasteiger partial charge on any atom is -0.478 e. The summed E-state index contributed by atoms with van der Waals surface area (Å²) in [7, 11) is 0. The SMILES string of the molecule is Nc1cccc(C(=O)O)c1NCCN1CCSCC1. The Kier molecular flexibility index (Phi) is 4.93. The molecule has 19 heavy (non-hydrogen) atoms. The van der Waals surface area contributed by atoms with Gasteiger partial charge in [-0.3, -0.25) is 4.90 Å². The van der Waals surface area contributed by atoms with Crippen molar-refractivity contribution in [1.29, 1.82) is 0 Å². The van der Waals surface area contributed by atoms with Crippen molar-refractivity contribution in [1.82, 2.24) is 4.90 Å². The van der Waals surface area contributed by atoms with Gasteiger partial charge in [-0.15, -0.1) is 0 Å². The fraction of sp³-hybridized carbons (Fsp3) is 0.462. The molecule has 1 aliphatic heterocycles. The van der Waals surface area contributed by atoms with Crippen LogP contribution in [-0.4, -0.2) is 53.7 Å². The molecule has 0 bridgehead atoms. The number of nitrogens with zero attached hydrogens (tertiary/aromatic N) is 1. The molecule has 4 N–H and O–H groups in total. The number of rotatable bonds is 5. The van der Waals surface area contributed by atoms with E-state index in [1.54, 1.807) is 18.2 Å². The first kappa shape index (κ1) is 14.0. The van der Waals surface area contributed by atoms with Gasteiger partial charge >= 0.3 is 5.97 Å². The molecule has 104 valence electrons. The first-order valence-corrected chi connectivity index (χ1v) is 7.49. The van der Waals surface area contributed by atoms with Crippen LogP contribution in [0.1, 0.15) is 10.4 Å². The van der Waals surface area contributed by atoms with Crippen LogP contribution in [0, 0.1) is 0 Å². The second kappa shape index (κ2) is 6.68. The molecule has 1 aromatic carbocycles. The Labute approximate surface area is 117 Å². The molecular weight excluding hydrogens is 262 g/mol. The van der Waals surface area contributed by atoms with Crippen molar-refractivity contribution >= 4 is 29.1 Å². The number of carboxylic acid groups (broad SMARTS) is 1. The molecule has 1 aliphatic rings. The maximum Gasteiger partial charge on any atom is 0.337 e. The molecule has 0 aromatic heterocycles. The van der Waals surface area contributed by atoms with E-state index in [1.807, 2.05) is 11.8 Å². The molecule has 2 rings (SSSR count). The van der Waals surface area contributed by atoms with E-state index >= 15 is 0 Å². The second-order valence-electron chi connectivity index (χ2n) is 4.46. The predicted molar refractivity (Wildman–Crippen MR) is 80.1 cm³/mol. The molecule has 1 saturated heterocycles. The normalized spacial score (nSPS) is 16.2. The van der Waals surface area contributed by atoms with Gasteiger partial charge in [-0.2, -0.15) is 11.8 Å². The van der Waals surface area contributed by atoms with Gasteiger partial charge in [-0.1, -0.05) is 6.07 Å². The largest absolute Gasteiger partial charge is 0.478 e. The van der Waals surface area contributed by atoms with Gasteiger partial charge < -0.3 is 16.2 Å². The Morgan fingerprint density at radius 3 is 2.84 bits per heavy atom. The lowest BCUT2D eigenvalue weighted by Crippen LogP contribution is -2.36. The lowest BCUT2D eigenvalue weighted by Gasteiger charge is -2.26. The average Bonchev–Trinajstić information content (AvgIpc) is 2.41. The van der Waals surface area contributed by atoms with Gasteiger partial charge in [-0.25, -0.2) is 4.79 Å². The summed E-state index contributed by atoms with van der Waals surface area (Å²) in [6, 6.07) is 4.94. The number of anilines is 2. The smallest absolute Gasteiger partial charge is 0.337 e. The fourth-order valence-corrected chi connectivity index (χ4v) is 3.09. The highest BCUT2D eigenvalue weighted by Gasteiger charge is 2.13. The molecule has 0 radical (unpaired) electrons. The minimum atomic E-state index is -0.954. The van der Waals surface area contributed by atoms with Crippen molar-refractivity contribution in [2.24, 2.45) is 0 Å². The van der Waals surface area contributed by atoms with E-state index in [0.29, 0.717) is 17.9 Å². The van der Waals surface area contributed by atoms with Crippen LogP contribution in [-0.2, 0) is 0 Å². The number of carboxylic acids is 1. The van der Waals surface area contributed by atoms with Crippen LogP contribution in [0.15, 0.2) is 18.2 Å². The third kappa shape index (κ3) is 3.78. The van der Waals surface area contributed by atoms with Gasteiger partial charge in [0.05, 0.1) is 16.9 Å². The highest BCUT2D eigenvalue weighted by molar-refractivity contribution is 7.99. The molecule has 0 spiro atoms. The van der Waals surface area contributed by atoms with Gasteiger partial charge in [0, 0.05) is 37.7 Å². The maximum absolute atomic E-state index is 11.1. The van der Waals surface area contributed by atoms with Crippen LogP contribution >= 0.6 is 11.8 Å². The summed E-state index contributed by atoms with van der Waals surface area (Å²) < 4.78 is 0. The van der Waals surface area contributed by atoms with Crippen molar-refractivity contribution in [3.05, 3.63) is 23.8 Å². The van der Waals surface area contributed by atoms with E-state index in [2.05, 4.69) is 10.2 Å². The molecule has 1 fully saturated rings. The molecule has 0 saturated carbocycles. The van der Waals surface area contributed by atoms with E-state index < -0.39 is 5.97 Å². The number of nitrogens with two attached hydrogens (primary N) is 1. The van der Waals surface area contributed by atoms with Crippen LogP contribution in [0.3, 0.4) is 0 Å². The predicted octanol–water partition coefficient (Wildman–Crippen LogP) is 1.43. The number of carbonyl (C=O) groups is 1.